The fourth-order valence-corrected chi connectivity index (χ4v) is 4.90. The maximum atomic E-state index is 13.4. The average molecular weight is 582 g/mol. The van der Waals surface area contributed by atoms with Crippen LogP contribution in [0.1, 0.15) is 15.9 Å². The quantitative estimate of drug-likeness (QED) is 0.203. The van der Waals surface area contributed by atoms with Gasteiger partial charge in [-0.25, -0.2) is 0 Å². The van der Waals surface area contributed by atoms with Gasteiger partial charge in [-0.05, 0) is 48.2 Å². The van der Waals surface area contributed by atoms with Crippen LogP contribution in [0.5, 0.6) is 11.5 Å². The molecule has 0 saturated carbocycles. The van der Waals surface area contributed by atoms with Crippen molar-refractivity contribution in [2.24, 2.45) is 10.2 Å². The van der Waals surface area contributed by atoms with Gasteiger partial charge in [-0.15, -0.1) is 5.11 Å². The summed E-state index contributed by atoms with van der Waals surface area (Å²) in [5.74, 6) is -1.14. The Hall–Kier alpha value is -2.70. The number of carbonyl (C=O) groups is 1. The number of halogens is 2. The number of anilines is 1. The van der Waals surface area contributed by atoms with Crippen LogP contribution in [-0.2, 0) is 10.1 Å². The first kappa shape index (κ1) is 29.9. The molecule has 0 aliphatic rings. The average Bonchev–Trinajstić information content (AvgIpc) is 2.84. The summed E-state index contributed by atoms with van der Waals surface area (Å²) in [6.45, 7) is 1.59. The molecule has 4 aromatic rings. The van der Waals surface area contributed by atoms with Gasteiger partial charge < -0.3 is 15.2 Å². The van der Waals surface area contributed by atoms with Crippen molar-refractivity contribution in [2.45, 2.75) is 11.8 Å². The summed E-state index contributed by atoms with van der Waals surface area (Å²) in [5.41, 5.74) is 0.0121. The van der Waals surface area contributed by atoms with E-state index in [0.29, 0.717) is 32.8 Å². The Morgan fingerprint density at radius 1 is 1.00 bits per heavy atom. The molecule has 0 aliphatic carbocycles. The Balaban J connectivity index is 0.00000400. The van der Waals surface area contributed by atoms with Crippen LogP contribution in [0.2, 0.25) is 10.0 Å². The molecule has 9 nitrogen and oxygen atoms in total. The van der Waals surface area contributed by atoms with Crippen LogP contribution in [-0.4, -0.2) is 26.0 Å². The number of ether oxygens (including phenoxy) is 1. The van der Waals surface area contributed by atoms with E-state index in [-0.39, 0.29) is 51.5 Å². The smallest absolute Gasteiger partial charge is 0.870 e. The number of fused-ring (bicyclic) bond motifs is 1. The van der Waals surface area contributed by atoms with Crippen LogP contribution >= 0.6 is 23.2 Å². The third kappa shape index (κ3) is 6.29. The van der Waals surface area contributed by atoms with Crippen molar-refractivity contribution in [2.75, 3.05) is 12.4 Å². The van der Waals surface area contributed by atoms with Gasteiger partial charge in [-0.3, -0.25) is 9.35 Å². The first-order valence-corrected chi connectivity index (χ1v) is 12.8. The van der Waals surface area contributed by atoms with Gasteiger partial charge in [0.2, 0.25) is 0 Å². The maximum absolute atomic E-state index is 13.4. The minimum absolute atomic E-state index is 0. The monoisotopic (exact) mass is 581 g/mol. The summed E-state index contributed by atoms with van der Waals surface area (Å²) in [4.78, 5) is 12.5. The van der Waals surface area contributed by atoms with E-state index in [2.05, 4.69) is 15.5 Å². The van der Waals surface area contributed by atoms with Crippen molar-refractivity contribution < 1.29 is 57.2 Å². The van der Waals surface area contributed by atoms with Crippen LogP contribution < -0.4 is 44.7 Å². The van der Waals surface area contributed by atoms with Crippen LogP contribution in [0, 0.1) is 6.92 Å². The predicted molar refractivity (Wildman–Crippen MR) is 140 cm³/mol. The van der Waals surface area contributed by atoms with E-state index in [1.54, 1.807) is 37.3 Å². The Morgan fingerprint density at radius 2 is 1.68 bits per heavy atom. The third-order valence-electron chi connectivity index (χ3n) is 5.33. The van der Waals surface area contributed by atoms with E-state index in [1.165, 1.54) is 37.4 Å². The second-order valence-electron chi connectivity index (χ2n) is 7.89. The minimum Gasteiger partial charge on any atom is -0.870 e. The van der Waals surface area contributed by atoms with E-state index in [1.807, 2.05) is 0 Å². The molecule has 0 aliphatic heterocycles. The van der Waals surface area contributed by atoms with E-state index in [0.717, 1.165) is 0 Å². The van der Waals surface area contributed by atoms with Crippen molar-refractivity contribution in [3.05, 3.63) is 81.8 Å². The van der Waals surface area contributed by atoms with E-state index >= 15 is 0 Å². The minimum atomic E-state index is -4.70. The molecule has 0 atom stereocenters. The molecule has 0 saturated heterocycles. The summed E-state index contributed by atoms with van der Waals surface area (Å²) >= 11 is 12.2. The molecule has 13 heteroatoms. The number of nitrogens with zero attached hydrogens (tertiary/aromatic N) is 2. The second-order valence-corrected chi connectivity index (χ2v) is 10.1. The number of hydrogen-bond donors (Lipinski definition) is 2. The summed E-state index contributed by atoms with van der Waals surface area (Å²) in [7, 11) is -3.27. The number of azo groups is 1. The van der Waals surface area contributed by atoms with E-state index < -0.39 is 26.7 Å². The van der Waals surface area contributed by atoms with E-state index in [4.69, 9.17) is 27.9 Å². The number of methoxy groups -OCH3 is 1. The molecule has 1 amide bonds. The number of nitrogens with one attached hydrogen (secondary N) is 1. The molecule has 38 heavy (non-hydrogen) atoms. The molecule has 190 valence electrons. The Labute approximate surface area is 250 Å². The van der Waals surface area contributed by atoms with Crippen molar-refractivity contribution >= 4 is 67.1 Å². The normalized spacial score (nSPS) is 11.4. The van der Waals surface area contributed by atoms with Gasteiger partial charge in [0.25, 0.3) is 16.0 Å². The molecular weight excluding hydrogens is 564 g/mol. The second kappa shape index (κ2) is 12.0. The summed E-state index contributed by atoms with van der Waals surface area (Å²) < 4.78 is 38.6. The van der Waals surface area contributed by atoms with Crippen LogP contribution in [0.3, 0.4) is 0 Å². The van der Waals surface area contributed by atoms with Crippen LogP contribution in [0.15, 0.2) is 75.8 Å². The molecule has 4 aromatic carbocycles. The zero-order valence-corrected chi connectivity index (χ0v) is 24.6. The zero-order valence-electron chi connectivity index (χ0n) is 20.3. The Morgan fingerprint density at radius 3 is 2.37 bits per heavy atom. The SMILES string of the molecule is COc1cc(NC(=O)c2cc3ccccc3c(N=Nc3c(Cl)cc(C)cc3S(=O)(=O)O)c2[O-])ccc1Cl.[Na+]. The molecule has 0 aromatic heterocycles. The van der Waals surface area contributed by atoms with Gasteiger partial charge in [-0.2, -0.15) is 13.5 Å². The summed E-state index contributed by atoms with van der Waals surface area (Å²) in [6.07, 6.45) is 0. The van der Waals surface area contributed by atoms with Crippen molar-refractivity contribution in [3.8, 4) is 11.5 Å². The van der Waals surface area contributed by atoms with Gasteiger partial charge >= 0.3 is 29.6 Å². The molecule has 0 spiro atoms. The van der Waals surface area contributed by atoms with Gasteiger partial charge in [0.05, 0.1) is 22.8 Å². The maximum Gasteiger partial charge on any atom is 1.00 e. The van der Waals surface area contributed by atoms with E-state index in [9.17, 15) is 22.9 Å². The first-order chi connectivity index (χ1) is 17.5. The van der Waals surface area contributed by atoms with Crippen molar-refractivity contribution in [1.29, 1.82) is 0 Å². The van der Waals surface area contributed by atoms with Gasteiger partial charge in [0, 0.05) is 22.7 Å². The first-order valence-electron chi connectivity index (χ1n) is 10.6. The number of benzene rings is 4. The molecule has 0 unspecified atom stereocenters. The van der Waals surface area contributed by atoms with Gasteiger partial charge in [0.1, 0.15) is 16.3 Å². The molecule has 0 radical (unpaired) electrons. The van der Waals surface area contributed by atoms with Gasteiger partial charge in [0.15, 0.2) is 0 Å². The summed E-state index contributed by atoms with van der Waals surface area (Å²) in [6, 6.07) is 15.3. The van der Waals surface area contributed by atoms with Crippen molar-refractivity contribution in [3.63, 3.8) is 0 Å². The van der Waals surface area contributed by atoms with Crippen molar-refractivity contribution in [1.82, 2.24) is 0 Å². The number of hydrogen-bond acceptors (Lipinski definition) is 7. The number of rotatable bonds is 6. The molecule has 0 bridgehead atoms. The standard InChI is InChI=1S/C25H19Cl2N3O6S.Na/c1-13-9-19(27)23(21(10-13)37(33,34)35)30-29-22-16-6-4-3-5-14(16)11-17(24(22)31)25(32)28-15-7-8-18(26)20(12-15)36-2;/h3-12,31H,1-2H3,(H,28,32)(H,33,34,35);/q;+1/p-1. The largest absolute Gasteiger partial charge is 1.00 e. The number of aryl methyl sites for hydroxylation is 1. The molecule has 2 N–H and O–H groups in total. The number of amides is 1. The van der Waals surface area contributed by atoms with Gasteiger partial charge in [-0.1, -0.05) is 53.2 Å². The molecule has 4 rings (SSSR count). The predicted octanol–water partition coefficient (Wildman–Crippen LogP) is 3.46. The number of carbonyl (C=O) groups excluding carboxylic acids is 1. The fraction of sp³-hybridized carbons (Fsp3) is 0.0800. The topological polar surface area (TPSA) is 140 Å². The Kier molecular flexibility index (Phi) is 9.43. The molecular formula is C25H18Cl2N3NaO6S. The summed E-state index contributed by atoms with van der Waals surface area (Å²) in [5, 5.41) is 25.0. The Bertz CT molecular complexity index is 1700. The molecule has 0 fully saturated rings. The zero-order chi connectivity index (χ0) is 26.9. The third-order valence-corrected chi connectivity index (χ3v) is 6.80. The van der Waals surface area contributed by atoms with Crippen LogP contribution in [0.25, 0.3) is 10.8 Å². The molecule has 0 heterocycles. The fourth-order valence-electron chi connectivity index (χ4n) is 3.61. The van der Waals surface area contributed by atoms with Crippen LogP contribution in [0.4, 0.5) is 17.1 Å².